The third-order valence-corrected chi connectivity index (χ3v) is 4.72. The van der Waals surface area contributed by atoms with Gasteiger partial charge in [0.15, 0.2) is 0 Å². The molecule has 1 aliphatic heterocycles. The number of rotatable bonds is 4. The highest BCUT2D eigenvalue weighted by atomic mass is 19.4. The lowest BCUT2D eigenvalue weighted by Gasteiger charge is -2.32. The van der Waals surface area contributed by atoms with Gasteiger partial charge in [0.25, 0.3) is 0 Å². The molecule has 1 aliphatic rings. The third kappa shape index (κ3) is 4.08. The maximum atomic E-state index is 12.8. The monoisotopic (exact) mass is 358 g/mol. The van der Waals surface area contributed by atoms with E-state index in [0.29, 0.717) is 11.0 Å². The molecular weight excluding hydrogens is 336 g/mol. The molecule has 0 saturated carbocycles. The zero-order chi connectivity index (χ0) is 19.0. The molecule has 2 N–H and O–H groups in total. The molecule has 0 bridgehead atoms. The van der Waals surface area contributed by atoms with Crippen LogP contribution in [0.15, 0.2) is 23.7 Å². The van der Waals surface area contributed by atoms with Gasteiger partial charge in [-0.2, -0.15) is 13.2 Å². The normalized spacial score (nSPS) is 20.2. The standard InChI is InChI=1S/C17H22BF3O4/c1-15(2)16(3,4)25-18(24-15)14(10-23)8-11-5-6-13(17(19,20)21)7-12(11)9-22/h5-8,22-23H,9-10H2,1-4H3. The van der Waals surface area contributed by atoms with Gasteiger partial charge in [-0.15, -0.1) is 0 Å². The highest BCUT2D eigenvalue weighted by Gasteiger charge is 2.52. The summed E-state index contributed by atoms with van der Waals surface area (Å²) in [5.41, 5.74) is -1.20. The fourth-order valence-electron chi connectivity index (χ4n) is 2.44. The van der Waals surface area contributed by atoms with Crippen LogP contribution in [0, 0.1) is 0 Å². The van der Waals surface area contributed by atoms with E-state index in [1.165, 1.54) is 12.1 Å². The van der Waals surface area contributed by atoms with E-state index in [9.17, 15) is 23.4 Å². The van der Waals surface area contributed by atoms with Crippen LogP contribution in [0.1, 0.15) is 44.4 Å². The molecule has 1 aromatic rings. The van der Waals surface area contributed by atoms with E-state index in [4.69, 9.17) is 9.31 Å². The molecular formula is C17H22BF3O4. The molecule has 0 spiro atoms. The summed E-state index contributed by atoms with van der Waals surface area (Å²) in [5.74, 6) is 0. The van der Waals surface area contributed by atoms with Crippen LogP contribution >= 0.6 is 0 Å². The smallest absolute Gasteiger partial charge is 0.400 e. The number of benzene rings is 1. The van der Waals surface area contributed by atoms with Gasteiger partial charge in [0.05, 0.1) is 30.0 Å². The maximum absolute atomic E-state index is 12.8. The molecule has 0 aliphatic carbocycles. The minimum Gasteiger partial charge on any atom is -0.400 e. The van der Waals surface area contributed by atoms with Crippen molar-refractivity contribution < 1.29 is 32.7 Å². The van der Waals surface area contributed by atoms with E-state index >= 15 is 0 Å². The summed E-state index contributed by atoms with van der Waals surface area (Å²) < 4.78 is 50.1. The van der Waals surface area contributed by atoms with Gasteiger partial charge < -0.3 is 19.5 Å². The van der Waals surface area contributed by atoms with E-state index in [2.05, 4.69) is 0 Å². The van der Waals surface area contributed by atoms with E-state index in [1.807, 2.05) is 27.7 Å². The van der Waals surface area contributed by atoms with E-state index in [1.54, 1.807) is 0 Å². The molecule has 138 valence electrons. The lowest BCUT2D eigenvalue weighted by atomic mass is 9.77. The van der Waals surface area contributed by atoms with Crippen LogP contribution in [0.25, 0.3) is 6.08 Å². The fourth-order valence-corrected chi connectivity index (χ4v) is 2.44. The molecule has 0 aromatic heterocycles. The number of halogens is 3. The van der Waals surface area contributed by atoms with Gasteiger partial charge in [-0.05, 0) is 56.4 Å². The minimum absolute atomic E-state index is 0.109. The second kappa shape index (κ2) is 6.76. The highest BCUT2D eigenvalue weighted by molar-refractivity contribution is 6.55. The van der Waals surface area contributed by atoms with Crippen LogP contribution in [0.4, 0.5) is 13.2 Å². The van der Waals surface area contributed by atoms with Crippen LogP contribution in [-0.2, 0) is 22.1 Å². The second-order valence-corrected chi connectivity index (χ2v) is 7.04. The van der Waals surface area contributed by atoms with Gasteiger partial charge in [-0.1, -0.05) is 12.1 Å². The van der Waals surface area contributed by atoms with Gasteiger partial charge in [0.1, 0.15) is 0 Å². The summed E-state index contributed by atoms with van der Waals surface area (Å²) in [6, 6.07) is 3.09. The van der Waals surface area contributed by atoms with Crippen molar-refractivity contribution >= 4 is 13.2 Å². The Balaban J connectivity index is 2.38. The number of aliphatic hydroxyl groups is 2. The van der Waals surface area contributed by atoms with Gasteiger partial charge >= 0.3 is 13.3 Å². The predicted molar refractivity (Wildman–Crippen MR) is 88.5 cm³/mol. The Labute approximate surface area is 145 Å². The zero-order valence-electron chi connectivity index (χ0n) is 14.6. The average molecular weight is 358 g/mol. The quantitative estimate of drug-likeness (QED) is 0.812. The highest BCUT2D eigenvalue weighted by Crippen LogP contribution is 2.39. The summed E-state index contributed by atoms with van der Waals surface area (Å²) in [4.78, 5) is 0. The summed E-state index contributed by atoms with van der Waals surface area (Å²) in [6.45, 7) is 6.50. The molecule has 1 fully saturated rings. The minimum atomic E-state index is -4.49. The Hall–Kier alpha value is -1.35. The number of aliphatic hydroxyl groups excluding tert-OH is 2. The SMILES string of the molecule is CC1(C)OB(C(=Cc2ccc(C(F)(F)F)cc2CO)CO)OC1(C)C. The van der Waals surface area contributed by atoms with Crippen molar-refractivity contribution in [3.8, 4) is 0 Å². The van der Waals surface area contributed by atoms with Crippen molar-refractivity contribution in [1.29, 1.82) is 0 Å². The first-order valence-electron chi connectivity index (χ1n) is 7.89. The maximum Gasteiger partial charge on any atom is 0.492 e. The average Bonchev–Trinajstić information content (AvgIpc) is 2.71. The Morgan fingerprint density at radius 3 is 2.12 bits per heavy atom. The number of alkyl halides is 3. The Morgan fingerprint density at radius 2 is 1.68 bits per heavy atom. The molecule has 0 atom stereocenters. The van der Waals surface area contributed by atoms with E-state index in [0.717, 1.165) is 12.1 Å². The fraction of sp³-hybridized carbons (Fsp3) is 0.529. The second-order valence-electron chi connectivity index (χ2n) is 7.04. The molecule has 8 heteroatoms. The van der Waals surface area contributed by atoms with Crippen molar-refractivity contribution in [2.75, 3.05) is 6.61 Å². The summed E-state index contributed by atoms with van der Waals surface area (Å²) in [5, 5.41) is 19.1. The Bertz CT molecular complexity index is 652. The molecule has 0 amide bonds. The van der Waals surface area contributed by atoms with Crippen LogP contribution < -0.4 is 0 Å². The summed E-state index contributed by atoms with van der Waals surface area (Å²) in [7, 11) is -0.816. The van der Waals surface area contributed by atoms with Crippen LogP contribution in [-0.4, -0.2) is 35.1 Å². The molecule has 0 radical (unpaired) electrons. The van der Waals surface area contributed by atoms with Gasteiger partial charge in [0.2, 0.25) is 0 Å². The first kappa shape index (κ1) is 20.0. The molecule has 2 rings (SSSR count). The largest absolute Gasteiger partial charge is 0.492 e. The molecule has 1 heterocycles. The predicted octanol–water partition coefficient (Wildman–Crippen LogP) is 3.20. The number of hydrogen-bond acceptors (Lipinski definition) is 4. The molecule has 1 aromatic carbocycles. The van der Waals surface area contributed by atoms with Crippen LogP contribution in [0.3, 0.4) is 0 Å². The van der Waals surface area contributed by atoms with Crippen molar-refractivity contribution in [3.63, 3.8) is 0 Å². The Kier molecular flexibility index (Phi) is 5.40. The lowest BCUT2D eigenvalue weighted by molar-refractivity contribution is -0.137. The van der Waals surface area contributed by atoms with E-state index < -0.39 is 36.7 Å². The molecule has 4 nitrogen and oxygen atoms in total. The molecule has 25 heavy (non-hydrogen) atoms. The topological polar surface area (TPSA) is 58.9 Å². The van der Waals surface area contributed by atoms with Gasteiger partial charge in [0, 0.05) is 0 Å². The third-order valence-electron chi connectivity index (χ3n) is 4.72. The summed E-state index contributed by atoms with van der Waals surface area (Å²) in [6.07, 6.45) is -2.99. The molecule has 1 saturated heterocycles. The van der Waals surface area contributed by atoms with E-state index in [-0.39, 0.29) is 12.2 Å². The van der Waals surface area contributed by atoms with Crippen molar-refractivity contribution in [1.82, 2.24) is 0 Å². The van der Waals surface area contributed by atoms with Crippen molar-refractivity contribution in [3.05, 3.63) is 40.4 Å². The summed E-state index contributed by atoms with van der Waals surface area (Å²) >= 11 is 0. The Morgan fingerprint density at radius 1 is 1.12 bits per heavy atom. The van der Waals surface area contributed by atoms with Gasteiger partial charge in [-0.3, -0.25) is 0 Å². The van der Waals surface area contributed by atoms with Crippen molar-refractivity contribution in [2.24, 2.45) is 0 Å². The zero-order valence-corrected chi connectivity index (χ0v) is 14.6. The first-order valence-corrected chi connectivity index (χ1v) is 7.89. The van der Waals surface area contributed by atoms with Crippen LogP contribution in [0.5, 0.6) is 0 Å². The van der Waals surface area contributed by atoms with Gasteiger partial charge in [-0.25, -0.2) is 0 Å². The molecule has 0 unspecified atom stereocenters. The lowest BCUT2D eigenvalue weighted by Crippen LogP contribution is -2.41. The number of hydrogen-bond donors (Lipinski definition) is 2. The van der Waals surface area contributed by atoms with Crippen molar-refractivity contribution in [2.45, 2.75) is 51.7 Å². The van der Waals surface area contributed by atoms with Crippen LogP contribution in [0.2, 0.25) is 0 Å². The first-order chi connectivity index (χ1) is 11.4.